The molecule has 0 bridgehead atoms. The first-order valence-electron chi connectivity index (χ1n) is 10.2. The molecule has 1 aromatic heterocycles. The molecule has 28 heavy (non-hydrogen) atoms. The summed E-state index contributed by atoms with van der Waals surface area (Å²) in [6.07, 6.45) is 8.29. The first-order chi connectivity index (χ1) is 13.3. The number of halogens is 1. The fourth-order valence-electron chi connectivity index (χ4n) is 4.44. The summed E-state index contributed by atoms with van der Waals surface area (Å²) in [6, 6.07) is 1.84. The third-order valence-electron chi connectivity index (χ3n) is 6.17. The quantitative estimate of drug-likeness (QED) is 0.377. The van der Waals surface area contributed by atoms with Gasteiger partial charge in [-0.1, -0.05) is 0 Å². The van der Waals surface area contributed by atoms with Gasteiger partial charge in [-0.05, 0) is 44.8 Å². The minimum atomic E-state index is 0. The SMILES string of the molecule is I.NC(=NCC1(N2CCCC2)CCOCC1)N1CCN(c2ncccn2)CC1. The molecular weight excluding hydrogens is 469 g/mol. The zero-order valence-electron chi connectivity index (χ0n) is 16.5. The van der Waals surface area contributed by atoms with E-state index < -0.39 is 0 Å². The summed E-state index contributed by atoms with van der Waals surface area (Å²) in [6.45, 7) is 8.27. The van der Waals surface area contributed by atoms with Gasteiger partial charge in [0.05, 0.1) is 6.54 Å². The largest absolute Gasteiger partial charge is 0.381 e. The zero-order chi connectivity index (χ0) is 18.5. The molecular formula is C19H32IN7O. The summed E-state index contributed by atoms with van der Waals surface area (Å²) in [7, 11) is 0. The molecule has 3 aliphatic heterocycles. The Kier molecular flexibility index (Phi) is 7.69. The van der Waals surface area contributed by atoms with Crippen LogP contribution < -0.4 is 10.6 Å². The van der Waals surface area contributed by atoms with Crippen LogP contribution in [0.4, 0.5) is 5.95 Å². The van der Waals surface area contributed by atoms with Gasteiger partial charge < -0.3 is 20.3 Å². The van der Waals surface area contributed by atoms with Crippen molar-refractivity contribution in [3.8, 4) is 0 Å². The Bertz CT molecular complexity index is 624. The molecule has 0 unspecified atom stereocenters. The predicted octanol–water partition coefficient (Wildman–Crippen LogP) is 1.18. The number of ether oxygens (including phenoxy) is 1. The van der Waals surface area contributed by atoms with Crippen LogP contribution in [0.1, 0.15) is 25.7 Å². The summed E-state index contributed by atoms with van der Waals surface area (Å²) < 4.78 is 5.63. The third-order valence-corrected chi connectivity index (χ3v) is 6.17. The number of nitrogens with zero attached hydrogens (tertiary/aromatic N) is 6. The monoisotopic (exact) mass is 501 g/mol. The summed E-state index contributed by atoms with van der Waals surface area (Å²) >= 11 is 0. The number of rotatable bonds is 4. The van der Waals surface area contributed by atoms with E-state index in [0.717, 1.165) is 64.7 Å². The van der Waals surface area contributed by atoms with E-state index in [2.05, 4.69) is 24.7 Å². The normalized spacial score (nSPS) is 23.5. The van der Waals surface area contributed by atoms with Crippen molar-refractivity contribution in [3.05, 3.63) is 18.5 Å². The van der Waals surface area contributed by atoms with Gasteiger partial charge in [-0.3, -0.25) is 9.89 Å². The van der Waals surface area contributed by atoms with Crippen molar-refractivity contribution in [1.82, 2.24) is 19.8 Å². The first kappa shape index (κ1) is 21.5. The number of hydrogen-bond acceptors (Lipinski definition) is 6. The smallest absolute Gasteiger partial charge is 0.225 e. The van der Waals surface area contributed by atoms with E-state index in [1.807, 2.05) is 6.07 Å². The lowest BCUT2D eigenvalue weighted by molar-refractivity contribution is -0.0139. The Labute approximate surface area is 184 Å². The van der Waals surface area contributed by atoms with Crippen molar-refractivity contribution in [3.63, 3.8) is 0 Å². The van der Waals surface area contributed by atoms with Crippen LogP contribution in [0.2, 0.25) is 0 Å². The molecule has 3 aliphatic rings. The maximum absolute atomic E-state index is 6.38. The molecule has 3 fully saturated rings. The van der Waals surface area contributed by atoms with Crippen LogP contribution in [0.5, 0.6) is 0 Å². The van der Waals surface area contributed by atoms with Crippen molar-refractivity contribution in [1.29, 1.82) is 0 Å². The molecule has 1 aromatic rings. The van der Waals surface area contributed by atoms with Gasteiger partial charge >= 0.3 is 0 Å². The van der Waals surface area contributed by atoms with E-state index in [1.165, 1.54) is 25.9 Å². The van der Waals surface area contributed by atoms with Crippen LogP contribution in [-0.2, 0) is 4.74 Å². The van der Waals surface area contributed by atoms with Gasteiger partial charge in [0.25, 0.3) is 0 Å². The molecule has 2 N–H and O–H groups in total. The minimum absolute atomic E-state index is 0. The highest BCUT2D eigenvalue weighted by Gasteiger charge is 2.39. The number of piperazine rings is 1. The fourth-order valence-corrected chi connectivity index (χ4v) is 4.44. The van der Waals surface area contributed by atoms with E-state index in [1.54, 1.807) is 12.4 Å². The molecule has 0 aliphatic carbocycles. The zero-order valence-corrected chi connectivity index (χ0v) is 18.8. The predicted molar refractivity (Wildman–Crippen MR) is 121 cm³/mol. The number of anilines is 1. The second-order valence-corrected chi connectivity index (χ2v) is 7.73. The molecule has 0 atom stereocenters. The molecule has 4 heterocycles. The maximum atomic E-state index is 6.38. The average molecular weight is 501 g/mol. The Morgan fingerprint density at radius 3 is 2.32 bits per heavy atom. The number of aliphatic imine (C=N–C) groups is 1. The topological polar surface area (TPSA) is 83.1 Å². The van der Waals surface area contributed by atoms with Crippen LogP contribution in [0, 0.1) is 0 Å². The summed E-state index contributed by atoms with van der Waals surface area (Å²) in [5, 5.41) is 0. The Morgan fingerprint density at radius 2 is 1.68 bits per heavy atom. The molecule has 156 valence electrons. The van der Waals surface area contributed by atoms with E-state index in [0.29, 0.717) is 5.96 Å². The number of aromatic nitrogens is 2. The lowest BCUT2D eigenvalue weighted by atomic mass is 9.88. The van der Waals surface area contributed by atoms with Crippen LogP contribution in [-0.4, -0.2) is 90.3 Å². The summed E-state index contributed by atoms with van der Waals surface area (Å²) in [4.78, 5) is 20.6. The Hall–Kier alpha value is -1.20. The van der Waals surface area contributed by atoms with E-state index in [-0.39, 0.29) is 29.5 Å². The van der Waals surface area contributed by atoms with Crippen molar-refractivity contribution in [2.24, 2.45) is 10.7 Å². The summed E-state index contributed by atoms with van der Waals surface area (Å²) in [5.74, 6) is 1.47. The van der Waals surface area contributed by atoms with Gasteiger partial charge in [-0.2, -0.15) is 0 Å². The number of hydrogen-bond donors (Lipinski definition) is 1. The second kappa shape index (κ2) is 10.0. The van der Waals surface area contributed by atoms with Crippen LogP contribution in [0.25, 0.3) is 0 Å². The van der Waals surface area contributed by atoms with Gasteiger partial charge in [0.2, 0.25) is 5.95 Å². The fraction of sp³-hybridized carbons (Fsp3) is 0.737. The molecule has 0 radical (unpaired) electrons. The Morgan fingerprint density at radius 1 is 1.04 bits per heavy atom. The first-order valence-corrected chi connectivity index (χ1v) is 10.2. The molecule has 3 saturated heterocycles. The van der Waals surface area contributed by atoms with Crippen LogP contribution >= 0.6 is 24.0 Å². The van der Waals surface area contributed by atoms with E-state index >= 15 is 0 Å². The average Bonchev–Trinajstić information content (AvgIpc) is 3.29. The maximum Gasteiger partial charge on any atom is 0.225 e. The molecule has 4 rings (SSSR count). The van der Waals surface area contributed by atoms with Crippen molar-refractivity contribution in [2.45, 2.75) is 31.2 Å². The Balaban J connectivity index is 0.00000225. The minimum Gasteiger partial charge on any atom is -0.381 e. The van der Waals surface area contributed by atoms with Crippen LogP contribution in [0.3, 0.4) is 0 Å². The highest BCUT2D eigenvalue weighted by molar-refractivity contribution is 14.0. The lowest BCUT2D eigenvalue weighted by Crippen LogP contribution is -2.55. The molecule has 8 nitrogen and oxygen atoms in total. The van der Waals surface area contributed by atoms with Crippen molar-refractivity contribution in [2.75, 3.05) is 63.9 Å². The molecule has 0 saturated carbocycles. The van der Waals surface area contributed by atoms with Crippen molar-refractivity contribution < 1.29 is 4.74 Å². The number of nitrogens with two attached hydrogens (primary N) is 1. The van der Waals surface area contributed by atoms with Gasteiger partial charge in [-0.25, -0.2) is 9.97 Å². The second-order valence-electron chi connectivity index (χ2n) is 7.73. The molecule has 0 aromatic carbocycles. The number of likely N-dealkylation sites (tertiary alicyclic amines) is 1. The van der Waals surface area contributed by atoms with E-state index in [9.17, 15) is 0 Å². The molecule has 0 amide bonds. The van der Waals surface area contributed by atoms with Crippen LogP contribution in [0.15, 0.2) is 23.5 Å². The molecule has 0 spiro atoms. The summed E-state index contributed by atoms with van der Waals surface area (Å²) in [5.41, 5.74) is 6.52. The highest BCUT2D eigenvalue weighted by Crippen LogP contribution is 2.31. The van der Waals surface area contributed by atoms with Crippen molar-refractivity contribution >= 4 is 35.9 Å². The van der Waals surface area contributed by atoms with Gasteiger partial charge in [0.15, 0.2) is 5.96 Å². The molecule has 9 heteroatoms. The van der Waals surface area contributed by atoms with Gasteiger partial charge in [0.1, 0.15) is 0 Å². The number of guanidine groups is 1. The lowest BCUT2D eigenvalue weighted by Gasteiger charge is -2.44. The van der Waals surface area contributed by atoms with Gasteiger partial charge in [0, 0.05) is 57.3 Å². The standard InChI is InChI=1S/C19H31N7O.HI/c20-17(24-10-12-25(13-11-24)18-21-6-3-7-22-18)23-16-19(4-14-27-15-5-19)26-8-1-2-9-26;/h3,6-7H,1-2,4-5,8-16H2,(H2,20,23);1H. The van der Waals surface area contributed by atoms with Gasteiger partial charge in [-0.15, -0.1) is 24.0 Å². The highest BCUT2D eigenvalue weighted by atomic mass is 127. The van der Waals surface area contributed by atoms with E-state index in [4.69, 9.17) is 15.5 Å². The third kappa shape index (κ3) is 4.85.